The average Bonchev–Trinajstić information content (AvgIpc) is 2.96. The molecule has 1 aromatic heterocycles. The maximum absolute atomic E-state index is 3.88. The number of piperazine rings is 1. The number of hydrogen-bond donors (Lipinski definition) is 1. The van der Waals surface area contributed by atoms with Crippen LogP contribution in [0.3, 0.4) is 0 Å². The fraction of sp³-hybridized carbons (Fsp3) is 0.778. The second-order valence-corrected chi connectivity index (χ2v) is 8.28. The van der Waals surface area contributed by atoms with E-state index in [0.717, 1.165) is 12.5 Å². The highest BCUT2D eigenvalue weighted by molar-refractivity contribution is 7.07. The number of thiophene rings is 1. The molecule has 2 fully saturated rings. The molecule has 3 heteroatoms. The van der Waals surface area contributed by atoms with E-state index in [2.05, 4.69) is 40.9 Å². The molecule has 1 N–H and O–H groups in total. The molecule has 1 aliphatic heterocycles. The van der Waals surface area contributed by atoms with Crippen LogP contribution in [0.25, 0.3) is 0 Å². The van der Waals surface area contributed by atoms with Crippen molar-refractivity contribution >= 4 is 11.3 Å². The molecule has 118 valence electrons. The van der Waals surface area contributed by atoms with E-state index in [-0.39, 0.29) is 0 Å². The standard InChI is InChI=1S/C18H30N2S/c1-15(2)10-17-12-20(11-16-6-9-21-13-16)18(14-19-17)7-4-3-5-8-18/h6,9,13,15,17,19H,3-5,7-8,10-12,14H2,1-2H3. The summed E-state index contributed by atoms with van der Waals surface area (Å²) in [7, 11) is 0. The Morgan fingerprint density at radius 2 is 2.14 bits per heavy atom. The average molecular weight is 307 g/mol. The van der Waals surface area contributed by atoms with Crippen LogP contribution >= 0.6 is 11.3 Å². The van der Waals surface area contributed by atoms with Gasteiger partial charge < -0.3 is 5.32 Å². The molecule has 0 radical (unpaired) electrons. The molecule has 1 spiro atoms. The van der Waals surface area contributed by atoms with Crippen LogP contribution in [0.4, 0.5) is 0 Å². The van der Waals surface area contributed by atoms with Gasteiger partial charge in [-0.1, -0.05) is 33.1 Å². The van der Waals surface area contributed by atoms with Gasteiger partial charge in [-0.05, 0) is 47.6 Å². The summed E-state index contributed by atoms with van der Waals surface area (Å²) in [5.74, 6) is 0.783. The second kappa shape index (κ2) is 6.80. The Hall–Kier alpha value is -0.380. The quantitative estimate of drug-likeness (QED) is 0.893. The molecule has 1 aromatic rings. The van der Waals surface area contributed by atoms with Gasteiger partial charge in [-0.3, -0.25) is 4.90 Å². The fourth-order valence-corrected chi connectivity index (χ4v) is 4.90. The van der Waals surface area contributed by atoms with Gasteiger partial charge >= 0.3 is 0 Å². The molecule has 1 saturated carbocycles. The Morgan fingerprint density at radius 3 is 2.81 bits per heavy atom. The largest absolute Gasteiger partial charge is 0.311 e. The smallest absolute Gasteiger partial charge is 0.0338 e. The van der Waals surface area contributed by atoms with Gasteiger partial charge in [-0.2, -0.15) is 11.3 Å². The maximum Gasteiger partial charge on any atom is 0.0338 e. The van der Waals surface area contributed by atoms with Gasteiger partial charge in [0.25, 0.3) is 0 Å². The Kier molecular flexibility index (Phi) is 5.03. The lowest BCUT2D eigenvalue weighted by atomic mass is 9.77. The lowest BCUT2D eigenvalue weighted by Gasteiger charge is -2.52. The van der Waals surface area contributed by atoms with Gasteiger partial charge in [0.1, 0.15) is 0 Å². The summed E-state index contributed by atoms with van der Waals surface area (Å²) in [6.45, 7) is 8.27. The number of nitrogens with one attached hydrogen (secondary N) is 1. The Balaban J connectivity index is 1.73. The first kappa shape index (κ1) is 15.5. The van der Waals surface area contributed by atoms with Gasteiger partial charge in [-0.15, -0.1) is 0 Å². The van der Waals surface area contributed by atoms with Crippen LogP contribution in [0, 0.1) is 5.92 Å². The third kappa shape index (κ3) is 3.69. The molecule has 1 atom stereocenters. The summed E-state index contributed by atoms with van der Waals surface area (Å²) < 4.78 is 0. The molecule has 3 rings (SSSR count). The van der Waals surface area contributed by atoms with E-state index in [9.17, 15) is 0 Å². The summed E-state index contributed by atoms with van der Waals surface area (Å²) in [5, 5.41) is 8.43. The van der Waals surface area contributed by atoms with Crippen LogP contribution in [0.2, 0.25) is 0 Å². The van der Waals surface area contributed by atoms with Gasteiger partial charge in [0.05, 0.1) is 0 Å². The summed E-state index contributed by atoms with van der Waals surface area (Å²) >= 11 is 1.83. The third-order valence-corrected chi connectivity index (χ3v) is 6.06. The van der Waals surface area contributed by atoms with Gasteiger partial charge in [0.15, 0.2) is 0 Å². The zero-order valence-electron chi connectivity index (χ0n) is 13.6. The Bertz CT molecular complexity index is 420. The van der Waals surface area contributed by atoms with Crippen LogP contribution < -0.4 is 5.32 Å². The van der Waals surface area contributed by atoms with Crippen LogP contribution in [0.15, 0.2) is 16.8 Å². The maximum atomic E-state index is 3.88. The van der Waals surface area contributed by atoms with E-state index in [1.165, 1.54) is 57.2 Å². The van der Waals surface area contributed by atoms with Crippen molar-refractivity contribution in [1.29, 1.82) is 0 Å². The van der Waals surface area contributed by atoms with Crippen molar-refractivity contribution in [3.8, 4) is 0 Å². The van der Waals surface area contributed by atoms with Gasteiger partial charge in [0.2, 0.25) is 0 Å². The monoisotopic (exact) mass is 306 g/mol. The molecule has 1 aliphatic carbocycles. The minimum absolute atomic E-state index is 0.438. The molecule has 2 nitrogen and oxygen atoms in total. The van der Waals surface area contributed by atoms with E-state index < -0.39 is 0 Å². The summed E-state index contributed by atoms with van der Waals surface area (Å²) in [5.41, 5.74) is 1.95. The van der Waals surface area contributed by atoms with E-state index in [0.29, 0.717) is 11.6 Å². The van der Waals surface area contributed by atoms with Gasteiger partial charge in [0, 0.05) is 31.2 Å². The summed E-state index contributed by atoms with van der Waals surface area (Å²) in [6, 6.07) is 2.98. The Labute approximate surface area is 133 Å². The summed E-state index contributed by atoms with van der Waals surface area (Å²) in [6.07, 6.45) is 8.34. The van der Waals surface area contributed by atoms with E-state index >= 15 is 0 Å². The number of nitrogens with zero attached hydrogens (tertiary/aromatic N) is 1. The minimum atomic E-state index is 0.438. The van der Waals surface area contributed by atoms with Crippen molar-refractivity contribution in [2.45, 2.75) is 70.5 Å². The predicted octanol–water partition coefficient (Wildman–Crippen LogP) is 4.27. The first-order valence-electron chi connectivity index (χ1n) is 8.67. The zero-order valence-corrected chi connectivity index (χ0v) is 14.4. The van der Waals surface area contributed by atoms with Crippen LogP contribution in [-0.2, 0) is 6.54 Å². The molecule has 0 bridgehead atoms. The normalized spacial score (nSPS) is 26.5. The molecule has 2 heterocycles. The van der Waals surface area contributed by atoms with E-state index in [1.807, 2.05) is 11.3 Å². The molecule has 21 heavy (non-hydrogen) atoms. The number of hydrogen-bond acceptors (Lipinski definition) is 3. The highest BCUT2D eigenvalue weighted by Crippen LogP contribution is 2.37. The van der Waals surface area contributed by atoms with Gasteiger partial charge in [-0.25, -0.2) is 0 Å². The fourth-order valence-electron chi connectivity index (χ4n) is 4.24. The Morgan fingerprint density at radius 1 is 1.33 bits per heavy atom. The predicted molar refractivity (Wildman–Crippen MR) is 91.8 cm³/mol. The highest BCUT2D eigenvalue weighted by Gasteiger charge is 2.42. The van der Waals surface area contributed by atoms with Crippen molar-refractivity contribution in [2.24, 2.45) is 5.92 Å². The minimum Gasteiger partial charge on any atom is -0.311 e. The first-order chi connectivity index (χ1) is 10.2. The first-order valence-corrected chi connectivity index (χ1v) is 9.62. The lowest BCUT2D eigenvalue weighted by Crippen LogP contribution is -2.64. The second-order valence-electron chi connectivity index (χ2n) is 7.50. The van der Waals surface area contributed by atoms with Crippen LogP contribution in [0.1, 0.15) is 57.9 Å². The molecule has 2 aliphatic rings. The topological polar surface area (TPSA) is 15.3 Å². The SMILES string of the molecule is CC(C)CC1CN(Cc2ccsc2)C2(CCCCC2)CN1. The van der Waals surface area contributed by atoms with Crippen LogP contribution in [0.5, 0.6) is 0 Å². The molecule has 0 aromatic carbocycles. The molecular weight excluding hydrogens is 276 g/mol. The van der Waals surface area contributed by atoms with E-state index in [1.54, 1.807) is 0 Å². The van der Waals surface area contributed by atoms with E-state index in [4.69, 9.17) is 0 Å². The summed E-state index contributed by atoms with van der Waals surface area (Å²) in [4.78, 5) is 2.83. The van der Waals surface area contributed by atoms with Crippen molar-refractivity contribution in [2.75, 3.05) is 13.1 Å². The van der Waals surface area contributed by atoms with Crippen molar-refractivity contribution in [3.05, 3.63) is 22.4 Å². The molecular formula is C18H30N2S. The van der Waals surface area contributed by atoms with Crippen molar-refractivity contribution in [3.63, 3.8) is 0 Å². The molecule has 0 amide bonds. The number of rotatable bonds is 4. The van der Waals surface area contributed by atoms with Crippen molar-refractivity contribution in [1.82, 2.24) is 10.2 Å². The molecule has 1 unspecified atom stereocenters. The lowest BCUT2D eigenvalue weighted by molar-refractivity contribution is 0.000214. The third-order valence-electron chi connectivity index (χ3n) is 5.33. The highest BCUT2D eigenvalue weighted by atomic mass is 32.1. The molecule has 1 saturated heterocycles. The van der Waals surface area contributed by atoms with Crippen molar-refractivity contribution < 1.29 is 0 Å². The zero-order chi connectivity index (χ0) is 14.7. The van der Waals surface area contributed by atoms with Crippen LogP contribution in [-0.4, -0.2) is 29.6 Å².